The van der Waals surface area contributed by atoms with Crippen LogP contribution in [0.15, 0.2) is 255 Å². The summed E-state index contributed by atoms with van der Waals surface area (Å²) in [5.74, 6) is -1.19. The predicted molar refractivity (Wildman–Crippen MR) is 601 cm³/mol. The first-order valence-corrected chi connectivity index (χ1v) is 54.4. The van der Waals surface area contributed by atoms with Gasteiger partial charge in [-0.2, -0.15) is 0 Å². The molecule has 0 bridgehead atoms. The van der Waals surface area contributed by atoms with Crippen LogP contribution in [-0.4, -0.2) is 261 Å². The van der Waals surface area contributed by atoms with Gasteiger partial charge in [-0.15, -0.1) is 0 Å². The maximum Gasteiger partial charge on any atom is 0.339 e. The van der Waals surface area contributed by atoms with Crippen molar-refractivity contribution in [2.75, 3.05) is 198 Å². The molecule has 0 aliphatic heterocycles. The number of carbonyl (C=O) groups excluding carboxylic acids is 6. The number of unbranched alkanes of at least 4 members (excludes halogenated alkanes) is 1. The van der Waals surface area contributed by atoms with Crippen molar-refractivity contribution in [1.82, 2.24) is 0 Å². The number of benzene rings is 12. The summed E-state index contributed by atoms with van der Waals surface area (Å²) in [5, 5.41) is 12.2. The molecule has 145 heavy (non-hydrogen) atoms. The van der Waals surface area contributed by atoms with E-state index in [9.17, 15) is 28.8 Å². The summed E-state index contributed by atoms with van der Waals surface area (Å²) in [7, 11) is 6.24. The van der Waals surface area contributed by atoms with Crippen molar-refractivity contribution in [3.63, 3.8) is 0 Å². The molecule has 3 aliphatic rings. The van der Waals surface area contributed by atoms with Gasteiger partial charge < -0.3 is 55.3 Å². The number of rotatable bonds is 46. The molecule has 1 unspecified atom stereocenters. The Balaban J connectivity index is 0.000000180. The van der Waals surface area contributed by atoms with E-state index in [1.807, 2.05) is 194 Å². The molecule has 0 fully saturated rings. The number of hydrogen-bond acceptors (Lipinski definition) is 12. The highest BCUT2D eigenvalue weighted by molar-refractivity contribution is 6.21. The molecule has 15 rings (SSSR count). The second-order valence-electron chi connectivity index (χ2n) is 40.2. The molecule has 12 aromatic carbocycles. The van der Waals surface area contributed by atoms with Crippen LogP contribution >= 0.6 is 0 Å². The third-order valence-corrected chi connectivity index (χ3v) is 30.6. The minimum absolute atomic E-state index is 0.169. The van der Waals surface area contributed by atoms with Gasteiger partial charge in [0.1, 0.15) is 78.9 Å². The van der Waals surface area contributed by atoms with Crippen LogP contribution in [0.4, 0.5) is 0 Å². The van der Waals surface area contributed by atoms with Crippen molar-refractivity contribution in [3.8, 4) is 0 Å². The third-order valence-electron chi connectivity index (χ3n) is 30.6. The Morgan fingerprint density at radius 3 is 0.641 bits per heavy atom. The SMILES string of the molecule is CCCC[N+](CC)(CCC)CCOC(=O)c1c2ccccc2cc2ccccc12.CCC[N+](CC)(CCC)CCOC(=O)C1=CCc2ccccc21.CCC[N+](CC)(CCC)CCOC(=O)c1c2ccccc2cc2ccccc12.CC[N+](CC)(CC)CCOC(=O)C1=CCc2ccccc21.CC[N+](CC)(CC)CCOC(=O)c1c2ccccc2cc2ccccc12.C[N+](C)(C)CCOC(=O)C1=CCc2ccccc21. The molecule has 774 valence electrons. The minimum Gasteiger partial charge on any atom is -0.456 e. The van der Waals surface area contributed by atoms with Gasteiger partial charge in [0.15, 0.2) is 0 Å². The number of quaternary nitrogens is 6. The normalized spacial score (nSPS) is 13.0. The second-order valence-corrected chi connectivity index (χ2v) is 40.2. The predicted octanol–water partition coefficient (Wildman–Crippen LogP) is 25.8. The van der Waals surface area contributed by atoms with Gasteiger partial charge in [0, 0.05) is 0 Å². The molecular weight excluding hydrogens is 1800 g/mol. The molecule has 3 aliphatic carbocycles. The van der Waals surface area contributed by atoms with Gasteiger partial charge in [-0.25, -0.2) is 28.8 Å². The summed E-state index contributed by atoms with van der Waals surface area (Å²) in [6, 6.07) is 78.9. The van der Waals surface area contributed by atoms with Crippen LogP contribution in [0.5, 0.6) is 0 Å². The number of nitrogens with zero attached hydrogens (tertiary/aromatic N) is 6. The molecule has 0 heterocycles. The van der Waals surface area contributed by atoms with Gasteiger partial charge in [-0.05, 0) is 236 Å². The summed E-state index contributed by atoms with van der Waals surface area (Å²) in [4.78, 5) is 76.0. The highest BCUT2D eigenvalue weighted by atomic mass is 16.6. The van der Waals surface area contributed by atoms with Crippen LogP contribution in [0.2, 0.25) is 0 Å². The molecule has 0 aromatic heterocycles. The Morgan fingerprint density at radius 1 is 0.221 bits per heavy atom. The molecular formula is C127H170N6O12+6. The van der Waals surface area contributed by atoms with E-state index in [2.05, 4.69) is 186 Å². The standard InChI is InChI=1S/C26H34NO2.C25H32NO2.C23H28NO2.C20H30NO2.C18H26NO2.C15H20NO2/c1-4-7-17-27(6-3,16-5-2)18-19-29-26(28)25-23-14-10-8-12-21(23)20-22-13-9-11-15-24(22)25;1-4-15-26(6-3,16-5-2)17-18-28-25(27)24-22-13-9-7-11-20(22)19-21-12-8-10-14-23(21)24;1-4-24(5-2,6-3)15-16-26-23(25)22-20-13-9-7-11-18(20)17-19-12-8-10-14-21(19)22;1-4-13-21(6-3,14-5-2)15-16-23-20(22)19-12-11-17-9-7-8-10-18(17)19;1-4-19(5-2,6-3)13-14-21-18(20)17-12-11-15-9-7-8-10-16(15)17;1-16(2,3)10-11-18-15(17)14-9-8-12-6-4-5-7-13(12)14/h8-15,20H,4-7,16-19H2,1-3H3;7-14,19H,4-6,15-18H2,1-3H3;7-14,17H,4-6,15-16H2,1-3H3;7-10,12H,4-6,11,13-16H2,1-3H3;7-10,12H,4-6,11,13-14H2,1-3H3;4-7,9H,8,10-11H2,1-3H3/q6*+1. The number of hydrogen-bond donors (Lipinski definition) is 0. The fraction of sp³-hybridized carbons (Fsp3) is 0.433. The van der Waals surface area contributed by atoms with Crippen molar-refractivity contribution in [2.45, 2.75) is 168 Å². The fourth-order valence-electron chi connectivity index (χ4n) is 21.2. The van der Waals surface area contributed by atoms with Crippen LogP contribution in [-0.2, 0) is 62.1 Å². The van der Waals surface area contributed by atoms with Crippen LogP contribution < -0.4 is 0 Å². The lowest BCUT2D eigenvalue weighted by atomic mass is 9.97. The molecule has 0 saturated heterocycles. The van der Waals surface area contributed by atoms with Crippen LogP contribution in [0.3, 0.4) is 0 Å². The van der Waals surface area contributed by atoms with Crippen molar-refractivity contribution in [2.24, 2.45) is 0 Å². The zero-order valence-electron chi connectivity index (χ0n) is 91.0. The smallest absolute Gasteiger partial charge is 0.339 e. The molecule has 0 saturated carbocycles. The largest absolute Gasteiger partial charge is 0.456 e. The fourth-order valence-corrected chi connectivity index (χ4v) is 21.2. The number of fused-ring (bicyclic) bond motifs is 9. The van der Waals surface area contributed by atoms with Crippen LogP contribution in [0.25, 0.3) is 81.4 Å². The Hall–Kier alpha value is -12.0. The number of allylic oxidation sites excluding steroid dienone is 3. The van der Waals surface area contributed by atoms with Crippen LogP contribution in [0.1, 0.15) is 213 Å². The first kappa shape index (κ1) is 115. The van der Waals surface area contributed by atoms with E-state index in [1.54, 1.807) is 0 Å². The van der Waals surface area contributed by atoms with Crippen molar-refractivity contribution >= 4 is 117 Å². The zero-order chi connectivity index (χ0) is 104. The molecule has 18 heteroatoms. The van der Waals surface area contributed by atoms with E-state index in [4.69, 9.17) is 28.4 Å². The summed E-state index contributed by atoms with van der Waals surface area (Å²) in [5.41, 5.74) is 11.0. The second kappa shape index (κ2) is 57.2. The molecule has 1 atom stereocenters. The molecule has 18 nitrogen and oxygen atoms in total. The zero-order valence-corrected chi connectivity index (χ0v) is 91.0. The van der Waals surface area contributed by atoms with Crippen molar-refractivity contribution < 1.29 is 84.1 Å². The van der Waals surface area contributed by atoms with Gasteiger partial charge in [0.2, 0.25) is 0 Å². The van der Waals surface area contributed by atoms with E-state index in [0.29, 0.717) is 61.9 Å². The summed E-state index contributed by atoms with van der Waals surface area (Å²) in [6.45, 7) is 58.0. The highest BCUT2D eigenvalue weighted by Gasteiger charge is 2.33. The Labute approximate surface area is 867 Å². The maximum atomic E-state index is 13.2. The van der Waals surface area contributed by atoms with Gasteiger partial charge >= 0.3 is 35.8 Å². The number of ether oxygens (including phenoxy) is 6. The van der Waals surface area contributed by atoms with E-state index < -0.39 is 0 Å². The van der Waals surface area contributed by atoms with Gasteiger partial charge in [-0.1, -0.05) is 285 Å². The van der Waals surface area contributed by atoms with Crippen molar-refractivity contribution in [3.05, 3.63) is 305 Å². The summed E-state index contributed by atoms with van der Waals surface area (Å²) >= 11 is 0. The third kappa shape index (κ3) is 31.1. The van der Waals surface area contributed by atoms with E-state index in [0.717, 1.165) is 295 Å². The molecule has 12 aromatic rings. The number of likely N-dealkylation sites (N-methyl/N-ethyl adjacent to an activating group) is 6. The van der Waals surface area contributed by atoms with Crippen molar-refractivity contribution in [1.29, 1.82) is 0 Å². The lowest BCUT2D eigenvalue weighted by molar-refractivity contribution is -0.926. The van der Waals surface area contributed by atoms with Gasteiger partial charge in [0.05, 0.1) is 153 Å². The Kier molecular flexibility index (Phi) is 45.3. The van der Waals surface area contributed by atoms with E-state index in [-0.39, 0.29) is 35.8 Å². The lowest BCUT2D eigenvalue weighted by Gasteiger charge is -2.37. The monoisotopic (exact) mass is 1970 g/mol. The number of carbonyl (C=O) groups is 6. The molecule has 0 radical (unpaired) electrons. The van der Waals surface area contributed by atoms with Crippen LogP contribution in [0, 0.1) is 0 Å². The molecule has 0 spiro atoms. The average Bonchev–Trinajstić information content (AvgIpc) is 1.27. The first-order chi connectivity index (χ1) is 70.2. The van der Waals surface area contributed by atoms with E-state index >= 15 is 0 Å². The quantitative estimate of drug-likeness (QED) is 0.0154. The maximum absolute atomic E-state index is 13.2. The minimum atomic E-state index is -0.223. The van der Waals surface area contributed by atoms with E-state index in [1.165, 1.54) is 42.4 Å². The van der Waals surface area contributed by atoms with Gasteiger partial charge in [-0.3, -0.25) is 0 Å². The van der Waals surface area contributed by atoms with Gasteiger partial charge in [0.25, 0.3) is 0 Å². The summed E-state index contributed by atoms with van der Waals surface area (Å²) < 4.78 is 39.8. The Morgan fingerprint density at radius 2 is 0.421 bits per heavy atom. The average molecular weight is 1970 g/mol. The molecule has 0 N–H and O–H groups in total. The summed E-state index contributed by atoms with van der Waals surface area (Å²) in [6.07, 6.45) is 16.6. The molecule has 0 amide bonds. The highest BCUT2D eigenvalue weighted by Crippen LogP contribution is 2.36. The first-order valence-electron chi connectivity index (χ1n) is 54.4. The Bertz CT molecular complexity index is 6140. The number of esters is 6. The lowest BCUT2D eigenvalue weighted by Crippen LogP contribution is -2.51. The topological polar surface area (TPSA) is 158 Å².